The number of hydrogen-bond acceptors (Lipinski definition) is 6. The zero-order valence-electron chi connectivity index (χ0n) is 17.4. The van der Waals surface area contributed by atoms with E-state index in [-0.39, 0.29) is 23.3 Å². The summed E-state index contributed by atoms with van der Waals surface area (Å²) in [6.45, 7) is 5.24. The van der Waals surface area contributed by atoms with Crippen molar-refractivity contribution in [2.45, 2.75) is 50.0 Å². The van der Waals surface area contributed by atoms with Gasteiger partial charge in [0.05, 0.1) is 17.0 Å². The summed E-state index contributed by atoms with van der Waals surface area (Å²) in [5.41, 5.74) is -0.408. The zero-order chi connectivity index (χ0) is 21.8. The van der Waals surface area contributed by atoms with Crippen LogP contribution in [0.5, 0.6) is 0 Å². The van der Waals surface area contributed by atoms with Gasteiger partial charge in [-0.3, -0.25) is 24.2 Å². The molecule has 0 aliphatic carbocycles. The van der Waals surface area contributed by atoms with E-state index in [9.17, 15) is 18.0 Å². The molecule has 0 bridgehead atoms. The van der Waals surface area contributed by atoms with Gasteiger partial charge in [-0.15, -0.1) is 0 Å². The summed E-state index contributed by atoms with van der Waals surface area (Å²) in [6.07, 6.45) is 3.51. The molecule has 1 fully saturated rings. The molecular weight excluding hydrogens is 406 g/mol. The minimum atomic E-state index is -3.78. The lowest BCUT2D eigenvalue weighted by Gasteiger charge is -2.40. The van der Waals surface area contributed by atoms with Gasteiger partial charge in [-0.05, 0) is 44.9 Å². The number of sulfonamides is 1. The van der Waals surface area contributed by atoms with E-state index in [1.54, 1.807) is 30.9 Å². The molecule has 1 aromatic carbocycles. The minimum absolute atomic E-state index is 0.0342. The number of amides is 2. The summed E-state index contributed by atoms with van der Waals surface area (Å²) in [6, 6.07) is 6.12. The predicted octanol–water partition coefficient (Wildman–Crippen LogP) is 1.09. The lowest BCUT2D eigenvalue weighted by Crippen LogP contribution is -2.62. The molecule has 0 saturated carbocycles. The number of nitrogens with zero attached hydrogens (tertiary/aromatic N) is 2. The first-order valence-electron chi connectivity index (χ1n) is 10.2. The third kappa shape index (κ3) is 5.37. The lowest BCUT2D eigenvalue weighted by molar-refractivity contribution is -0.136. The normalized spacial score (nSPS) is 19.9. The maximum absolute atomic E-state index is 12.7. The first-order valence-corrected chi connectivity index (χ1v) is 11.7. The summed E-state index contributed by atoms with van der Waals surface area (Å²) in [5.74, 6) is 0.0445. The number of rotatable bonds is 5. The van der Waals surface area contributed by atoms with Crippen LogP contribution >= 0.6 is 0 Å². The molecule has 0 atom stereocenters. The van der Waals surface area contributed by atoms with E-state index in [1.165, 1.54) is 12.1 Å². The highest BCUT2D eigenvalue weighted by Crippen LogP contribution is 2.19. The van der Waals surface area contributed by atoms with Crippen molar-refractivity contribution in [1.29, 1.82) is 0 Å². The monoisotopic (exact) mass is 435 g/mol. The molecule has 1 saturated heterocycles. The summed E-state index contributed by atoms with van der Waals surface area (Å²) in [4.78, 5) is 30.7. The van der Waals surface area contributed by atoms with Crippen LogP contribution in [0.15, 0.2) is 34.2 Å². The van der Waals surface area contributed by atoms with Crippen LogP contribution in [0.1, 0.15) is 39.5 Å². The number of piperazine rings is 1. The summed E-state index contributed by atoms with van der Waals surface area (Å²) >= 11 is 0. The number of aliphatic imine (C=N–C) groups is 1. The number of carbonyl (C=O) groups excluding carboxylic acids is 2. The second-order valence-corrected chi connectivity index (χ2v) is 9.74. The van der Waals surface area contributed by atoms with Crippen LogP contribution in [0.3, 0.4) is 0 Å². The topological polar surface area (TPSA) is 120 Å². The quantitative estimate of drug-likeness (QED) is 0.639. The van der Waals surface area contributed by atoms with Gasteiger partial charge >= 0.3 is 0 Å². The van der Waals surface area contributed by atoms with Gasteiger partial charge in [-0.25, -0.2) is 8.42 Å². The number of carbonyl (C=O) groups is 2. The van der Waals surface area contributed by atoms with Crippen molar-refractivity contribution < 1.29 is 18.0 Å². The van der Waals surface area contributed by atoms with E-state index in [4.69, 9.17) is 0 Å². The summed E-state index contributed by atoms with van der Waals surface area (Å²) in [7, 11) is -3.78. The van der Waals surface area contributed by atoms with Gasteiger partial charge < -0.3 is 10.6 Å². The van der Waals surface area contributed by atoms with Crippen molar-refractivity contribution in [1.82, 2.24) is 14.9 Å². The Hall–Kier alpha value is -2.46. The van der Waals surface area contributed by atoms with Crippen molar-refractivity contribution in [3.05, 3.63) is 24.3 Å². The van der Waals surface area contributed by atoms with E-state index in [0.717, 1.165) is 19.3 Å². The maximum Gasteiger partial charge on any atom is 0.262 e. The fourth-order valence-corrected chi connectivity index (χ4v) is 4.64. The highest BCUT2D eigenvalue weighted by molar-refractivity contribution is 7.90. The van der Waals surface area contributed by atoms with Crippen LogP contribution in [0.2, 0.25) is 0 Å². The van der Waals surface area contributed by atoms with E-state index in [0.29, 0.717) is 37.6 Å². The summed E-state index contributed by atoms with van der Waals surface area (Å²) in [5, 5.41) is 5.52. The molecule has 0 unspecified atom stereocenters. The first-order chi connectivity index (χ1) is 14.2. The fraction of sp³-hybridized carbons (Fsp3) is 0.550. The van der Waals surface area contributed by atoms with Crippen LogP contribution in [0, 0.1) is 0 Å². The first kappa shape index (κ1) is 22.2. The second-order valence-electron chi connectivity index (χ2n) is 8.06. The van der Waals surface area contributed by atoms with Gasteiger partial charge in [-0.2, -0.15) is 0 Å². The number of nitrogens with one attached hydrogen (secondary N) is 3. The number of amidine groups is 1. The Morgan fingerprint density at radius 2 is 2.07 bits per heavy atom. The second kappa shape index (κ2) is 9.13. The van der Waals surface area contributed by atoms with Crippen LogP contribution in [-0.2, 0) is 19.6 Å². The Balaban J connectivity index is 1.67. The molecule has 0 aromatic heterocycles. The fourth-order valence-electron chi connectivity index (χ4n) is 3.51. The largest absolute Gasteiger partial charge is 0.353 e. The Morgan fingerprint density at radius 3 is 2.87 bits per heavy atom. The molecule has 30 heavy (non-hydrogen) atoms. The molecule has 3 rings (SSSR count). The number of anilines is 1. The summed E-state index contributed by atoms with van der Waals surface area (Å²) < 4.78 is 28.0. The molecule has 2 amide bonds. The molecule has 2 aliphatic rings. The van der Waals surface area contributed by atoms with Crippen molar-refractivity contribution in [2.75, 3.05) is 31.5 Å². The van der Waals surface area contributed by atoms with Gasteiger partial charge in [0.25, 0.3) is 10.0 Å². The molecule has 2 aliphatic heterocycles. The molecule has 10 heteroatoms. The molecule has 3 N–H and O–H groups in total. The average Bonchev–Trinajstić information content (AvgIpc) is 2.94. The van der Waals surface area contributed by atoms with E-state index >= 15 is 0 Å². The van der Waals surface area contributed by atoms with Gasteiger partial charge in [-0.1, -0.05) is 12.5 Å². The van der Waals surface area contributed by atoms with Gasteiger partial charge in [0.2, 0.25) is 11.8 Å². The molecule has 1 aromatic rings. The molecule has 0 spiro atoms. The van der Waals surface area contributed by atoms with Crippen LogP contribution < -0.4 is 15.4 Å². The molecule has 0 radical (unpaired) electrons. The van der Waals surface area contributed by atoms with Crippen LogP contribution in [-0.4, -0.2) is 62.7 Å². The van der Waals surface area contributed by atoms with Crippen LogP contribution in [0.4, 0.5) is 5.69 Å². The number of hydrogen-bond donors (Lipinski definition) is 3. The molecule has 164 valence electrons. The van der Waals surface area contributed by atoms with Crippen LogP contribution in [0.25, 0.3) is 0 Å². The Labute approximate surface area is 177 Å². The van der Waals surface area contributed by atoms with Crippen molar-refractivity contribution >= 4 is 33.4 Å². The lowest BCUT2D eigenvalue weighted by atomic mass is 9.99. The third-order valence-electron chi connectivity index (χ3n) is 5.40. The Bertz CT molecular complexity index is 942. The average molecular weight is 436 g/mol. The van der Waals surface area contributed by atoms with Gasteiger partial charge in [0, 0.05) is 31.7 Å². The minimum Gasteiger partial charge on any atom is -0.353 e. The van der Waals surface area contributed by atoms with Crippen molar-refractivity contribution in [3.8, 4) is 0 Å². The van der Waals surface area contributed by atoms with E-state index < -0.39 is 15.6 Å². The van der Waals surface area contributed by atoms with E-state index in [2.05, 4.69) is 20.3 Å². The number of benzene rings is 1. The standard InChI is InChI=1S/C20H29N5O4S/c1-20(2)19(27)22-11-12-25(20)14-18(26)23-15-7-6-8-16(13-15)30(28,29)24-17-9-4-3-5-10-21-17/h6-8,13H,3-5,9-12,14H2,1-2H3,(H,21,24)(H,22,27)(H,23,26). The molecule has 9 nitrogen and oxygen atoms in total. The SMILES string of the molecule is CC1(C)C(=O)NCCN1CC(=O)Nc1cccc(S(=O)(=O)NC2=NCCCCC2)c1. The highest BCUT2D eigenvalue weighted by Gasteiger charge is 2.38. The predicted molar refractivity (Wildman–Crippen MR) is 115 cm³/mol. The van der Waals surface area contributed by atoms with Gasteiger partial charge in [0.15, 0.2) is 0 Å². The van der Waals surface area contributed by atoms with Gasteiger partial charge in [0.1, 0.15) is 5.84 Å². The van der Waals surface area contributed by atoms with Crippen molar-refractivity contribution in [3.63, 3.8) is 0 Å². The molecular formula is C20H29N5O4S. The van der Waals surface area contributed by atoms with E-state index in [1.807, 2.05) is 0 Å². The smallest absolute Gasteiger partial charge is 0.262 e. The Kier molecular flexibility index (Phi) is 6.77. The third-order valence-corrected chi connectivity index (χ3v) is 6.78. The Morgan fingerprint density at radius 1 is 1.27 bits per heavy atom. The van der Waals surface area contributed by atoms with Crippen molar-refractivity contribution in [2.24, 2.45) is 4.99 Å². The molecule has 2 heterocycles. The highest BCUT2D eigenvalue weighted by atomic mass is 32.2. The maximum atomic E-state index is 12.7. The zero-order valence-corrected chi connectivity index (χ0v) is 18.2.